The zero-order chi connectivity index (χ0) is 17.8. The maximum atomic E-state index is 12.5. The van der Waals surface area contributed by atoms with Gasteiger partial charge in [-0.25, -0.2) is 4.79 Å². The van der Waals surface area contributed by atoms with Gasteiger partial charge in [-0.2, -0.15) is 0 Å². The number of anilines is 2. The number of amides is 2. The Balaban J connectivity index is 1.56. The standard InChI is InChI=1S/C20H24ClN3O/c1-3-16-4-7-18(8-5-16)22-20(25)24-12-10-23(11-13-24)19-9-6-17(21)14-15(19)2/h4-9,14H,3,10-13H2,1-2H3,(H,22,25). The zero-order valence-electron chi connectivity index (χ0n) is 14.8. The van der Waals surface area contributed by atoms with Crippen molar-refractivity contribution in [2.45, 2.75) is 20.3 Å². The number of piperazine rings is 1. The number of hydrogen-bond acceptors (Lipinski definition) is 2. The van der Waals surface area contributed by atoms with Crippen LogP contribution in [0.15, 0.2) is 42.5 Å². The van der Waals surface area contributed by atoms with Crippen molar-refractivity contribution >= 4 is 29.0 Å². The third-order valence-corrected chi connectivity index (χ3v) is 4.91. The van der Waals surface area contributed by atoms with Crippen LogP contribution in [0.4, 0.5) is 16.2 Å². The highest BCUT2D eigenvalue weighted by Gasteiger charge is 2.22. The molecule has 0 aromatic heterocycles. The molecule has 1 heterocycles. The number of nitrogens with zero attached hydrogens (tertiary/aromatic N) is 2. The summed E-state index contributed by atoms with van der Waals surface area (Å²) in [7, 11) is 0. The lowest BCUT2D eigenvalue weighted by molar-refractivity contribution is 0.208. The predicted molar refractivity (Wildman–Crippen MR) is 105 cm³/mol. The van der Waals surface area contributed by atoms with Gasteiger partial charge in [0.1, 0.15) is 0 Å². The van der Waals surface area contributed by atoms with Crippen LogP contribution in [-0.4, -0.2) is 37.1 Å². The maximum Gasteiger partial charge on any atom is 0.321 e. The summed E-state index contributed by atoms with van der Waals surface area (Å²) < 4.78 is 0. The number of halogens is 1. The molecule has 1 aliphatic heterocycles. The van der Waals surface area contributed by atoms with Crippen LogP contribution >= 0.6 is 11.6 Å². The molecule has 2 amide bonds. The predicted octanol–water partition coefficient (Wildman–Crippen LogP) is 4.56. The lowest BCUT2D eigenvalue weighted by atomic mass is 10.1. The van der Waals surface area contributed by atoms with Crippen molar-refractivity contribution in [1.29, 1.82) is 0 Å². The molecule has 0 radical (unpaired) electrons. The number of urea groups is 1. The van der Waals surface area contributed by atoms with Gasteiger partial charge >= 0.3 is 6.03 Å². The third kappa shape index (κ3) is 4.26. The fourth-order valence-electron chi connectivity index (χ4n) is 3.15. The molecule has 4 nitrogen and oxygen atoms in total. The summed E-state index contributed by atoms with van der Waals surface area (Å²) >= 11 is 6.04. The number of carbonyl (C=O) groups is 1. The van der Waals surface area contributed by atoms with E-state index >= 15 is 0 Å². The number of rotatable bonds is 3. The highest BCUT2D eigenvalue weighted by molar-refractivity contribution is 6.30. The molecule has 0 atom stereocenters. The van der Waals surface area contributed by atoms with E-state index in [1.54, 1.807) is 0 Å². The lowest BCUT2D eigenvalue weighted by Gasteiger charge is -2.36. The molecule has 5 heteroatoms. The first-order chi connectivity index (χ1) is 12.1. The van der Waals surface area contributed by atoms with E-state index in [2.05, 4.69) is 42.3 Å². The average molecular weight is 358 g/mol. The average Bonchev–Trinajstić information content (AvgIpc) is 2.62. The highest BCUT2D eigenvalue weighted by atomic mass is 35.5. The van der Waals surface area contributed by atoms with Crippen molar-refractivity contribution in [1.82, 2.24) is 4.90 Å². The summed E-state index contributed by atoms with van der Waals surface area (Å²) in [5, 5.41) is 3.75. The van der Waals surface area contributed by atoms with E-state index < -0.39 is 0 Å². The molecule has 0 saturated carbocycles. The molecule has 1 saturated heterocycles. The normalized spacial score (nSPS) is 14.5. The highest BCUT2D eigenvalue weighted by Crippen LogP contribution is 2.24. The van der Waals surface area contributed by atoms with Crippen LogP contribution in [0.1, 0.15) is 18.1 Å². The minimum absolute atomic E-state index is 0.0308. The monoisotopic (exact) mass is 357 g/mol. The molecular weight excluding hydrogens is 334 g/mol. The second kappa shape index (κ2) is 7.79. The number of nitrogens with one attached hydrogen (secondary N) is 1. The molecule has 2 aromatic carbocycles. The van der Waals surface area contributed by atoms with Gasteiger partial charge in [-0.05, 0) is 54.8 Å². The molecule has 0 aliphatic carbocycles. The minimum atomic E-state index is -0.0308. The summed E-state index contributed by atoms with van der Waals surface area (Å²) in [5.41, 5.74) is 4.48. The quantitative estimate of drug-likeness (QED) is 0.873. The van der Waals surface area contributed by atoms with E-state index in [1.807, 2.05) is 29.2 Å². The molecule has 1 aliphatic rings. The van der Waals surface area contributed by atoms with Gasteiger partial charge < -0.3 is 15.1 Å². The van der Waals surface area contributed by atoms with Crippen LogP contribution in [-0.2, 0) is 6.42 Å². The fourth-order valence-corrected chi connectivity index (χ4v) is 3.38. The van der Waals surface area contributed by atoms with Gasteiger partial charge in [0, 0.05) is 42.6 Å². The van der Waals surface area contributed by atoms with E-state index in [-0.39, 0.29) is 6.03 Å². The Bertz CT molecular complexity index is 737. The fraction of sp³-hybridized carbons (Fsp3) is 0.350. The molecule has 0 bridgehead atoms. The van der Waals surface area contributed by atoms with E-state index in [0.29, 0.717) is 13.1 Å². The number of hydrogen-bond donors (Lipinski definition) is 1. The van der Waals surface area contributed by atoms with Crippen LogP contribution in [0.2, 0.25) is 5.02 Å². The lowest BCUT2D eigenvalue weighted by Crippen LogP contribution is -2.50. The first-order valence-corrected chi connectivity index (χ1v) is 9.10. The Kier molecular flexibility index (Phi) is 5.49. The largest absolute Gasteiger partial charge is 0.368 e. The smallest absolute Gasteiger partial charge is 0.321 e. The molecule has 25 heavy (non-hydrogen) atoms. The van der Waals surface area contributed by atoms with Gasteiger partial charge in [-0.1, -0.05) is 30.7 Å². The van der Waals surface area contributed by atoms with Gasteiger partial charge in [-0.15, -0.1) is 0 Å². The van der Waals surface area contributed by atoms with Gasteiger partial charge in [0.15, 0.2) is 0 Å². The van der Waals surface area contributed by atoms with Gasteiger partial charge in [0.05, 0.1) is 0 Å². The van der Waals surface area contributed by atoms with Crippen LogP contribution in [0.5, 0.6) is 0 Å². The SMILES string of the molecule is CCc1ccc(NC(=O)N2CCN(c3ccc(Cl)cc3C)CC2)cc1. The Morgan fingerprint density at radius 2 is 1.76 bits per heavy atom. The summed E-state index contributed by atoms with van der Waals surface area (Å²) in [6.07, 6.45) is 1.00. The first kappa shape index (κ1) is 17.6. The third-order valence-electron chi connectivity index (χ3n) is 4.68. The van der Waals surface area contributed by atoms with Crippen LogP contribution in [0.3, 0.4) is 0 Å². The molecule has 1 fully saturated rings. The van der Waals surface area contributed by atoms with Gasteiger partial charge in [0.25, 0.3) is 0 Å². The van der Waals surface area contributed by atoms with E-state index in [1.165, 1.54) is 16.8 Å². The molecule has 0 spiro atoms. The molecule has 0 unspecified atom stereocenters. The number of aryl methyl sites for hydroxylation is 2. The van der Waals surface area contributed by atoms with Crippen molar-refractivity contribution in [3.63, 3.8) is 0 Å². The summed E-state index contributed by atoms with van der Waals surface area (Å²) in [5.74, 6) is 0. The van der Waals surface area contributed by atoms with Crippen molar-refractivity contribution in [3.05, 3.63) is 58.6 Å². The molecule has 1 N–H and O–H groups in total. The maximum absolute atomic E-state index is 12.5. The summed E-state index contributed by atoms with van der Waals surface area (Å²) in [6.45, 7) is 7.26. The van der Waals surface area contributed by atoms with Crippen molar-refractivity contribution in [2.24, 2.45) is 0 Å². The molecule has 132 valence electrons. The molecule has 2 aromatic rings. The van der Waals surface area contributed by atoms with E-state index in [0.717, 1.165) is 30.2 Å². The Morgan fingerprint density at radius 1 is 1.08 bits per heavy atom. The molecule has 3 rings (SSSR count). The van der Waals surface area contributed by atoms with Crippen molar-refractivity contribution in [3.8, 4) is 0 Å². The van der Waals surface area contributed by atoms with Crippen LogP contribution in [0.25, 0.3) is 0 Å². The van der Waals surface area contributed by atoms with Gasteiger partial charge in [0.2, 0.25) is 0 Å². The van der Waals surface area contributed by atoms with Crippen molar-refractivity contribution < 1.29 is 4.79 Å². The second-order valence-electron chi connectivity index (χ2n) is 6.39. The van der Waals surface area contributed by atoms with Crippen LogP contribution in [0, 0.1) is 6.92 Å². The first-order valence-electron chi connectivity index (χ1n) is 8.73. The van der Waals surface area contributed by atoms with Gasteiger partial charge in [-0.3, -0.25) is 0 Å². The van der Waals surface area contributed by atoms with E-state index in [4.69, 9.17) is 11.6 Å². The second-order valence-corrected chi connectivity index (χ2v) is 6.82. The molecular formula is C20H24ClN3O. The Labute approximate surface area is 154 Å². The zero-order valence-corrected chi connectivity index (χ0v) is 15.5. The topological polar surface area (TPSA) is 35.6 Å². The number of carbonyl (C=O) groups excluding carboxylic acids is 1. The summed E-state index contributed by atoms with van der Waals surface area (Å²) in [6, 6.07) is 14.0. The summed E-state index contributed by atoms with van der Waals surface area (Å²) in [4.78, 5) is 16.6. The Hall–Kier alpha value is -2.20. The minimum Gasteiger partial charge on any atom is -0.368 e. The van der Waals surface area contributed by atoms with Crippen molar-refractivity contribution in [2.75, 3.05) is 36.4 Å². The Morgan fingerprint density at radius 3 is 2.36 bits per heavy atom. The number of benzene rings is 2. The van der Waals surface area contributed by atoms with E-state index in [9.17, 15) is 4.79 Å². The van der Waals surface area contributed by atoms with Crippen LogP contribution < -0.4 is 10.2 Å².